The van der Waals surface area contributed by atoms with E-state index in [1.807, 2.05) is 0 Å². The van der Waals surface area contributed by atoms with E-state index in [0.29, 0.717) is 11.3 Å². The van der Waals surface area contributed by atoms with Crippen LogP contribution in [-0.2, 0) is 18.3 Å². The van der Waals surface area contributed by atoms with E-state index in [1.54, 1.807) is 19.2 Å². The summed E-state index contributed by atoms with van der Waals surface area (Å²) in [7, 11) is 1.55. The van der Waals surface area contributed by atoms with E-state index in [4.69, 9.17) is 9.84 Å². The Morgan fingerprint density at radius 1 is 1.45 bits per heavy atom. The second-order valence-corrected chi connectivity index (χ2v) is 4.07. The molecule has 2 aromatic rings. The molecule has 0 bridgehead atoms. The van der Waals surface area contributed by atoms with Crippen LogP contribution in [-0.4, -0.2) is 25.8 Å². The summed E-state index contributed by atoms with van der Waals surface area (Å²) < 4.78 is 6.61. The lowest BCUT2D eigenvalue weighted by molar-refractivity contribution is -0.385. The van der Waals surface area contributed by atoms with Gasteiger partial charge >= 0.3 is 17.5 Å². The van der Waals surface area contributed by atoms with Crippen LogP contribution < -0.4 is 4.74 Å². The first-order valence-electron chi connectivity index (χ1n) is 5.62. The maximum Gasteiger partial charge on any atom is 0.350 e. The largest absolute Gasteiger partial charge is 0.481 e. The lowest BCUT2D eigenvalue weighted by Gasteiger charge is -2.03. The fraction of sp³-hybridized carbons (Fsp3) is 0.167. The summed E-state index contributed by atoms with van der Waals surface area (Å²) in [4.78, 5) is 20.8. The van der Waals surface area contributed by atoms with Gasteiger partial charge in [0.2, 0.25) is 0 Å². The van der Waals surface area contributed by atoms with Gasteiger partial charge in [0.1, 0.15) is 11.9 Å². The lowest BCUT2D eigenvalue weighted by Crippen LogP contribution is -1.99. The van der Waals surface area contributed by atoms with Gasteiger partial charge in [-0.1, -0.05) is 12.1 Å². The quantitative estimate of drug-likeness (QED) is 0.658. The molecule has 0 fully saturated rings. The molecule has 0 saturated heterocycles. The highest BCUT2D eigenvalue weighted by Crippen LogP contribution is 2.29. The van der Waals surface area contributed by atoms with E-state index in [0.717, 1.165) is 0 Å². The van der Waals surface area contributed by atoms with Crippen molar-refractivity contribution >= 4 is 11.7 Å². The van der Waals surface area contributed by atoms with Crippen molar-refractivity contribution in [3.8, 4) is 11.6 Å². The molecule has 0 spiro atoms. The number of carbonyl (C=O) groups is 1. The van der Waals surface area contributed by atoms with Gasteiger partial charge in [-0.15, -0.1) is 5.10 Å². The average Bonchev–Trinajstić information content (AvgIpc) is 2.72. The number of hydrogen-bond donors (Lipinski definition) is 1. The number of aryl methyl sites for hydroxylation is 1. The number of carboxylic acid groups (broad SMARTS) is 1. The zero-order valence-corrected chi connectivity index (χ0v) is 10.5. The molecule has 1 heterocycles. The van der Waals surface area contributed by atoms with Crippen LogP contribution in [0.1, 0.15) is 5.56 Å². The van der Waals surface area contributed by atoms with E-state index < -0.39 is 10.9 Å². The summed E-state index contributed by atoms with van der Waals surface area (Å²) in [6.45, 7) is 0. The number of carboxylic acids is 1. The molecule has 0 aliphatic heterocycles. The molecule has 2 rings (SSSR count). The van der Waals surface area contributed by atoms with E-state index in [1.165, 1.54) is 23.0 Å². The average molecular weight is 277 g/mol. The minimum Gasteiger partial charge on any atom is -0.481 e. The van der Waals surface area contributed by atoms with Gasteiger partial charge < -0.3 is 9.84 Å². The molecule has 0 unspecified atom stereocenters. The van der Waals surface area contributed by atoms with Crippen molar-refractivity contribution in [3.05, 3.63) is 46.1 Å². The Hall–Kier alpha value is -2.90. The fourth-order valence-corrected chi connectivity index (χ4v) is 1.62. The highest BCUT2D eigenvalue weighted by Gasteiger charge is 2.20. The predicted molar refractivity (Wildman–Crippen MR) is 67.7 cm³/mol. The topological polar surface area (TPSA) is 107 Å². The maximum atomic E-state index is 10.8. The van der Waals surface area contributed by atoms with Crippen LogP contribution >= 0.6 is 0 Å². The first-order chi connectivity index (χ1) is 9.45. The van der Waals surface area contributed by atoms with Crippen LogP contribution in [0.15, 0.2) is 30.5 Å². The Morgan fingerprint density at radius 3 is 2.65 bits per heavy atom. The number of hydrogen-bond acceptors (Lipinski definition) is 5. The van der Waals surface area contributed by atoms with Crippen LogP contribution in [0.3, 0.4) is 0 Å². The number of rotatable bonds is 5. The van der Waals surface area contributed by atoms with Gasteiger partial charge in [0.25, 0.3) is 0 Å². The van der Waals surface area contributed by atoms with Gasteiger partial charge in [-0.2, -0.15) is 0 Å². The first kappa shape index (κ1) is 13.5. The third-order valence-corrected chi connectivity index (χ3v) is 2.47. The minimum absolute atomic E-state index is 0.0932. The molecule has 8 heteroatoms. The first-order valence-corrected chi connectivity index (χ1v) is 5.62. The summed E-state index contributed by atoms with van der Waals surface area (Å²) in [5.41, 5.74) is 0.377. The van der Waals surface area contributed by atoms with Crippen molar-refractivity contribution in [3.63, 3.8) is 0 Å². The van der Waals surface area contributed by atoms with Gasteiger partial charge in [0.15, 0.2) is 0 Å². The molecule has 1 N–H and O–H groups in total. The monoisotopic (exact) mass is 277 g/mol. The Morgan fingerprint density at radius 2 is 2.10 bits per heavy atom. The molecule has 1 aromatic heterocycles. The van der Waals surface area contributed by atoms with Crippen LogP contribution in [0.5, 0.6) is 11.6 Å². The SMILES string of the molecule is Cn1cc([N+](=O)[O-])c(Oc2ccc(CC(=O)O)cc2)n1. The molecule has 1 aromatic carbocycles. The van der Waals surface area contributed by atoms with Crippen molar-refractivity contribution in [1.82, 2.24) is 9.78 Å². The van der Waals surface area contributed by atoms with Crippen molar-refractivity contribution in [2.45, 2.75) is 6.42 Å². The van der Waals surface area contributed by atoms with Gasteiger partial charge in [-0.05, 0) is 17.7 Å². The second kappa shape index (κ2) is 5.39. The number of aromatic nitrogens is 2. The molecular weight excluding hydrogens is 266 g/mol. The number of nitrogens with zero attached hydrogens (tertiary/aromatic N) is 3. The Bertz CT molecular complexity index is 648. The van der Waals surface area contributed by atoms with Crippen molar-refractivity contribution in [2.75, 3.05) is 0 Å². The van der Waals surface area contributed by atoms with E-state index in [2.05, 4.69) is 5.10 Å². The number of ether oxygens (including phenoxy) is 1. The zero-order valence-electron chi connectivity index (χ0n) is 10.5. The fourth-order valence-electron chi connectivity index (χ4n) is 1.62. The molecular formula is C12H11N3O5. The molecule has 0 atom stereocenters. The van der Waals surface area contributed by atoms with Crippen LogP contribution in [0.25, 0.3) is 0 Å². The summed E-state index contributed by atoms with van der Waals surface area (Å²) >= 11 is 0. The third kappa shape index (κ3) is 3.10. The lowest BCUT2D eigenvalue weighted by atomic mass is 10.1. The second-order valence-electron chi connectivity index (χ2n) is 4.07. The Kier molecular flexibility index (Phi) is 3.65. The normalized spacial score (nSPS) is 10.2. The van der Waals surface area contributed by atoms with Crippen LogP contribution in [0.2, 0.25) is 0 Å². The molecule has 0 aliphatic carbocycles. The standard InChI is InChI=1S/C12H11N3O5/c1-14-7-10(15(18)19)12(13-14)20-9-4-2-8(3-5-9)6-11(16)17/h2-5,7H,6H2,1H3,(H,16,17). The van der Waals surface area contributed by atoms with E-state index in [9.17, 15) is 14.9 Å². The summed E-state index contributed by atoms with van der Waals surface area (Å²) in [6.07, 6.45) is 1.15. The van der Waals surface area contributed by atoms with Crippen LogP contribution in [0, 0.1) is 10.1 Å². The van der Waals surface area contributed by atoms with Gasteiger partial charge in [0.05, 0.1) is 11.3 Å². The van der Waals surface area contributed by atoms with Crippen molar-refractivity contribution in [1.29, 1.82) is 0 Å². The molecule has 8 nitrogen and oxygen atoms in total. The summed E-state index contributed by atoms with van der Waals surface area (Å²) in [5, 5.41) is 23.3. The number of benzene rings is 1. The Labute approximate surface area is 113 Å². The Balaban J connectivity index is 2.18. The highest BCUT2D eigenvalue weighted by atomic mass is 16.6. The summed E-state index contributed by atoms with van der Waals surface area (Å²) in [6, 6.07) is 6.24. The van der Waals surface area contributed by atoms with Crippen molar-refractivity contribution in [2.24, 2.45) is 7.05 Å². The van der Waals surface area contributed by atoms with E-state index in [-0.39, 0.29) is 18.0 Å². The van der Waals surface area contributed by atoms with Crippen molar-refractivity contribution < 1.29 is 19.6 Å². The highest BCUT2D eigenvalue weighted by molar-refractivity contribution is 5.70. The predicted octanol–water partition coefficient (Wildman–Crippen LogP) is 1.75. The molecule has 0 radical (unpaired) electrons. The molecule has 0 amide bonds. The number of aliphatic carboxylic acids is 1. The molecule has 104 valence electrons. The minimum atomic E-state index is -0.931. The maximum absolute atomic E-state index is 10.8. The smallest absolute Gasteiger partial charge is 0.350 e. The number of nitro groups is 1. The van der Waals surface area contributed by atoms with Gasteiger partial charge in [0, 0.05) is 7.05 Å². The molecule has 0 aliphatic rings. The van der Waals surface area contributed by atoms with Gasteiger partial charge in [-0.3, -0.25) is 19.6 Å². The van der Waals surface area contributed by atoms with Crippen LogP contribution in [0.4, 0.5) is 5.69 Å². The van der Waals surface area contributed by atoms with E-state index >= 15 is 0 Å². The molecule has 20 heavy (non-hydrogen) atoms. The van der Waals surface area contributed by atoms with Gasteiger partial charge in [-0.25, -0.2) is 0 Å². The zero-order chi connectivity index (χ0) is 14.7. The molecule has 0 saturated carbocycles. The third-order valence-electron chi connectivity index (χ3n) is 2.47. The summed E-state index contributed by atoms with van der Waals surface area (Å²) in [5.74, 6) is -0.691.